The van der Waals surface area contributed by atoms with Crippen LogP contribution in [0, 0.1) is 19.3 Å². The van der Waals surface area contributed by atoms with Crippen LogP contribution in [0.25, 0.3) is 0 Å². The zero-order valence-corrected chi connectivity index (χ0v) is 19.8. The number of carbonyl (C=O) groups excluding carboxylic acids is 2. The van der Waals surface area contributed by atoms with Crippen molar-refractivity contribution < 1.29 is 27.3 Å². The van der Waals surface area contributed by atoms with Crippen molar-refractivity contribution in [1.29, 1.82) is 0 Å². The number of aryl methyl sites for hydroxylation is 2. The molecule has 3 rings (SSSR count). The van der Waals surface area contributed by atoms with Crippen molar-refractivity contribution in [2.45, 2.75) is 46.5 Å². The van der Waals surface area contributed by atoms with Crippen LogP contribution < -0.4 is 10.1 Å². The van der Waals surface area contributed by atoms with Gasteiger partial charge in [0, 0.05) is 36.4 Å². The SMILES string of the molecule is CS(=O)(=O)O.Cc1cc(OCCc2ccc([C@@H](C)[C@]3(C)CC(=O)NC3=O)cc2)cc(C)n1. The Hall–Kier alpha value is -2.78. The van der Waals surface area contributed by atoms with E-state index >= 15 is 0 Å². The van der Waals surface area contributed by atoms with Gasteiger partial charge in [-0.25, -0.2) is 0 Å². The third kappa shape index (κ3) is 7.42. The number of amides is 2. The molecule has 0 saturated carbocycles. The Bertz CT molecular complexity index is 1050. The maximum Gasteiger partial charge on any atom is 0.261 e. The van der Waals surface area contributed by atoms with Crippen molar-refractivity contribution in [1.82, 2.24) is 10.3 Å². The van der Waals surface area contributed by atoms with Crippen LogP contribution in [0.15, 0.2) is 36.4 Å². The third-order valence-corrected chi connectivity index (χ3v) is 5.45. The molecule has 8 nitrogen and oxygen atoms in total. The average molecular weight is 463 g/mol. The first-order valence-electron chi connectivity index (χ1n) is 10.2. The smallest absolute Gasteiger partial charge is 0.261 e. The Balaban J connectivity index is 0.000000654. The molecule has 1 aliphatic rings. The summed E-state index contributed by atoms with van der Waals surface area (Å²) in [5, 5.41) is 2.42. The minimum Gasteiger partial charge on any atom is -0.493 e. The zero-order valence-electron chi connectivity index (χ0n) is 19.0. The minimum absolute atomic E-state index is 0.0305. The van der Waals surface area contributed by atoms with E-state index in [1.165, 1.54) is 5.56 Å². The number of benzene rings is 1. The van der Waals surface area contributed by atoms with E-state index in [9.17, 15) is 18.0 Å². The molecule has 32 heavy (non-hydrogen) atoms. The highest BCUT2D eigenvalue weighted by molar-refractivity contribution is 7.85. The van der Waals surface area contributed by atoms with Gasteiger partial charge in [-0.1, -0.05) is 31.2 Å². The van der Waals surface area contributed by atoms with Gasteiger partial charge in [0.2, 0.25) is 11.8 Å². The van der Waals surface area contributed by atoms with Gasteiger partial charge in [0.1, 0.15) is 5.75 Å². The number of rotatable bonds is 6. The lowest BCUT2D eigenvalue weighted by atomic mass is 9.73. The monoisotopic (exact) mass is 462 g/mol. The molecule has 9 heteroatoms. The number of carbonyl (C=O) groups is 2. The number of ether oxygens (including phenoxy) is 1. The number of nitrogens with one attached hydrogen (secondary N) is 1. The summed E-state index contributed by atoms with van der Waals surface area (Å²) in [6.07, 6.45) is 1.76. The standard InChI is InChI=1S/C22H26N2O3.CH4O3S/c1-14-11-19(12-15(2)23-14)27-10-9-17-5-7-18(8-6-17)16(3)22(4)13-20(25)24-21(22)26;1-5(2,3)4/h5-8,11-12,16H,9-10,13H2,1-4H3,(H,24,25,26);1H3,(H,2,3,4)/t16-,22+;/m1./s1. The molecule has 1 aromatic carbocycles. The summed E-state index contributed by atoms with van der Waals surface area (Å²) in [5.41, 5.74) is 3.45. The van der Waals surface area contributed by atoms with Crippen molar-refractivity contribution in [3.63, 3.8) is 0 Å². The van der Waals surface area contributed by atoms with Gasteiger partial charge in [0.15, 0.2) is 0 Å². The molecule has 0 radical (unpaired) electrons. The minimum atomic E-state index is -3.67. The molecule has 1 aromatic heterocycles. The second-order valence-electron chi connectivity index (χ2n) is 8.35. The molecule has 0 aliphatic carbocycles. The van der Waals surface area contributed by atoms with E-state index in [1.54, 1.807) is 0 Å². The van der Waals surface area contributed by atoms with Crippen LogP contribution in [0.2, 0.25) is 0 Å². The second-order valence-corrected chi connectivity index (χ2v) is 9.82. The average Bonchev–Trinajstić information content (AvgIpc) is 2.92. The van der Waals surface area contributed by atoms with Crippen molar-refractivity contribution >= 4 is 21.9 Å². The molecule has 1 saturated heterocycles. The van der Waals surface area contributed by atoms with Crippen LogP contribution in [-0.4, -0.2) is 42.6 Å². The number of hydrogen-bond acceptors (Lipinski definition) is 6. The molecule has 0 unspecified atom stereocenters. The summed E-state index contributed by atoms with van der Waals surface area (Å²) in [7, 11) is -3.67. The highest BCUT2D eigenvalue weighted by Gasteiger charge is 2.46. The van der Waals surface area contributed by atoms with Gasteiger partial charge in [-0.15, -0.1) is 0 Å². The number of imide groups is 1. The molecule has 0 bridgehead atoms. The van der Waals surface area contributed by atoms with E-state index in [2.05, 4.69) is 22.4 Å². The number of aromatic nitrogens is 1. The van der Waals surface area contributed by atoms with Crippen LogP contribution in [-0.2, 0) is 26.1 Å². The van der Waals surface area contributed by atoms with E-state index in [-0.39, 0.29) is 24.2 Å². The molecule has 174 valence electrons. The van der Waals surface area contributed by atoms with Gasteiger partial charge in [-0.3, -0.25) is 24.4 Å². The third-order valence-electron chi connectivity index (χ3n) is 5.45. The predicted molar refractivity (Wildman–Crippen MR) is 121 cm³/mol. The van der Waals surface area contributed by atoms with Gasteiger partial charge in [-0.05, 0) is 37.8 Å². The van der Waals surface area contributed by atoms with E-state index in [1.807, 2.05) is 52.0 Å². The fourth-order valence-corrected chi connectivity index (χ4v) is 3.58. The van der Waals surface area contributed by atoms with E-state index in [0.717, 1.165) is 29.1 Å². The second kappa shape index (κ2) is 10.2. The van der Waals surface area contributed by atoms with Crippen molar-refractivity contribution in [2.24, 2.45) is 5.41 Å². The first-order chi connectivity index (χ1) is 14.8. The molecule has 0 spiro atoms. The lowest BCUT2D eigenvalue weighted by molar-refractivity contribution is -0.128. The van der Waals surface area contributed by atoms with Gasteiger partial charge in [0.25, 0.3) is 10.1 Å². The number of pyridine rings is 1. The van der Waals surface area contributed by atoms with Crippen molar-refractivity contribution in [3.8, 4) is 5.75 Å². The molecule has 2 aromatic rings. The van der Waals surface area contributed by atoms with E-state index < -0.39 is 15.5 Å². The zero-order chi connectivity index (χ0) is 24.1. The molecule has 1 aliphatic heterocycles. The molecule has 2 heterocycles. The largest absolute Gasteiger partial charge is 0.493 e. The van der Waals surface area contributed by atoms with E-state index in [4.69, 9.17) is 9.29 Å². The molecule has 2 atom stereocenters. The summed E-state index contributed by atoms with van der Waals surface area (Å²) in [6, 6.07) is 12.1. The molecular weight excluding hydrogens is 432 g/mol. The van der Waals surface area contributed by atoms with Crippen molar-refractivity contribution in [3.05, 3.63) is 58.9 Å². The van der Waals surface area contributed by atoms with Crippen LogP contribution in [0.5, 0.6) is 5.75 Å². The normalized spacial score (nSPS) is 19.1. The topological polar surface area (TPSA) is 123 Å². The Labute approximate surface area is 189 Å². The molecular formula is C23H30N2O6S. The lowest BCUT2D eigenvalue weighted by Crippen LogP contribution is -2.33. The van der Waals surface area contributed by atoms with Crippen LogP contribution in [0.4, 0.5) is 0 Å². The number of hydrogen-bond donors (Lipinski definition) is 2. The highest BCUT2D eigenvalue weighted by Crippen LogP contribution is 2.41. The van der Waals surface area contributed by atoms with Gasteiger partial charge >= 0.3 is 0 Å². The fraction of sp³-hybridized carbons (Fsp3) is 0.435. The van der Waals surface area contributed by atoms with Gasteiger partial charge in [0.05, 0.1) is 18.3 Å². The molecule has 1 fully saturated rings. The summed E-state index contributed by atoms with van der Waals surface area (Å²) in [6.45, 7) is 8.37. The molecule has 2 amide bonds. The maximum absolute atomic E-state index is 12.2. The van der Waals surface area contributed by atoms with Crippen LogP contribution >= 0.6 is 0 Å². The Morgan fingerprint density at radius 3 is 2.16 bits per heavy atom. The summed E-state index contributed by atoms with van der Waals surface area (Å²) < 4.78 is 31.7. The van der Waals surface area contributed by atoms with E-state index in [0.29, 0.717) is 12.9 Å². The quantitative estimate of drug-likeness (QED) is 0.500. The predicted octanol–water partition coefficient (Wildman–Crippen LogP) is 2.98. The molecule has 2 N–H and O–H groups in total. The first kappa shape index (κ1) is 25.5. The Kier molecular flexibility index (Phi) is 8.14. The highest BCUT2D eigenvalue weighted by atomic mass is 32.2. The Morgan fingerprint density at radius 1 is 1.16 bits per heavy atom. The fourth-order valence-electron chi connectivity index (χ4n) is 3.58. The van der Waals surface area contributed by atoms with Gasteiger partial charge < -0.3 is 4.74 Å². The summed E-state index contributed by atoms with van der Waals surface area (Å²) in [4.78, 5) is 28.1. The first-order valence-corrected chi connectivity index (χ1v) is 12.1. The number of nitrogens with zero attached hydrogens (tertiary/aromatic N) is 1. The lowest BCUT2D eigenvalue weighted by Gasteiger charge is -2.28. The summed E-state index contributed by atoms with van der Waals surface area (Å²) >= 11 is 0. The maximum atomic E-state index is 12.2. The Morgan fingerprint density at radius 2 is 1.69 bits per heavy atom. The van der Waals surface area contributed by atoms with Crippen LogP contribution in [0.3, 0.4) is 0 Å². The van der Waals surface area contributed by atoms with Crippen LogP contribution in [0.1, 0.15) is 48.7 Å². The van der Waals surface area contributed by atoms with Gasteiger partial charge in [-0.2, -0.15) is 8.42 Å². The summed E-state index contributed by atoms with van der Waals surface area (Å²) in [5.74, 6) is 0.442. The van der Waals surface area contributed by atoms with Crippen molar-refractivity contribution in [2.75, 3.05) is 12.9 Å².